The number of nitrogens with zero attached hydrogens (tertiary/aromatic N) is 2. The average molecular weight is 266 g/mol. The summed E-state index contributed by atoms with van der Waals surface area (Å²) >= 11 is 4.71. The van der Waals surface area contributed by atoms with Gasteiger partial charge < -0.3 is 0 Å². The fraction of sp³-hybridized carbons (Fsp3) is 0.273. The molecule has 0 aromatic carbocycles. The highest BCUT2D eigenvalue weighted by molar-refractivity contribution is 8.06. The molecule has 1 aliphatic heterocycles. The molecule has 0 radical (unpaired) electrons. The van der Waals surface area contributed by atoms with Gasteiger partial charge in [0.2, 0.25) is 0 Å². The van der Waals surface area contributed by atoms with E-state index in [1.807, 2.05) is 12.1 Å². The van der Waals surface area contributed by atoms with E-state index in [4.69, 9.17) is 5.26 Å². The SMILES string of the molecule is CC(CSc1nc2cccc-2cs1)SC#N. The predicted octanol–water partition coefficient (Wildman–Crippen LogP) is 3.94. The van der Waals surface area contributed by atoms with Crippen molar-refractivity contribution in [3.63, 3.8) is 0 Å². The fourth-order valence-corrected chi connectivity index (χ4v) is 3.64. The average Bonchev–Trinajstić information content (AvgIpc) is 2.74. The van der Waals surface area contributed by atoms with Crippen LogP contribution in [-0.2, 0) is 0 Å². The molecule has 0 spiro atoms. The van der Waals surface area contributed by atoms with E-state index in [0.29, 0.717) is 5.25 Å². The Labute approximate surface area is 107 Å². The molecule has 0 fully saturated rings. The van der Waals surface area contributed by atoms with Gasteiger partial charge in [0, 0.05) is 21.9 Å². The van der Waals surface area contributed by atoms with Gasteiger partial charge in [0.05, 0.1) is 5.69 Å². The van der Waals surface area contributed by atoms with Gasteiger partial charge in [-0.05, 0) is 17.8 Å². The van der Waals surface area contributed by atoms with Gasteiger partial charge in [-0.25, -0.2) is 4.98 Å². The number of aromatic nitrogens is 1. The van der Waals surface area contributed by atoms with Crippen LogP contribution < -0.4 is 0 Å². The van der Waals surface area contributed by atoms with Gasteiger partial charge in [0.25, 0.3) is 0 Å². The standard InChI is InChI=1S/C11H10N2S3/c1-8(16-7-12)5-14-11-13-10-4-2-3-9(10)6-15-11/h2-4,6,8H,5H2,1H3. The topological polar surface area (TPSA) is 36.7 Å². The molecular formula is C11H10N2S3. The molecule has 2 aliphatic rings. The van der Waals surface area contributed by atoms with Crippen molar-refractivity contribution >= 4 is 34.9 Å². The molecule has 1 unspecified atom stereocenters. The van der Waals surface area contributed by atoms with Crippen molar-refractivity contribution in [1.29, 1.82) is 5.26 Å². The van der Waals surface area contributed by atoms with Gasteiger partial charge in [-0.1, -0.05) is 30.8 Å². The maximum absolute atomic E-state index is 8.54. The normalized spacial score (nSPS) is 12.5. The summed E-state index contributed by atoms with van der Waals surface area (Å²) in [4.78, 5) is 4.56. The lowest BCUT2D eigenvalue weighted by Crippen LogP contribution is -1.98. The Kier molecular flexibility index (Phi) is 4.10. The zero-order valence-electron chi connectivity index (χ0n) is 8.71. The van der Waals surface area contributed by atoms with E-state index in [-0.39, 0.29) is 0 Å². The highest BCUT2D eigenvalue weighted by Gasteiger charge is 2.08. The molecule has 5 heteroatoms. The zero-order valence-corrected chi connectivity index (χ0v) is 11.2. The van der Waals surface area contributed by atoms with Crippen LogP contribution in [0.5, 0.6) is 0 Å². The Balaban J connectivity index is 2.00. The molecular weight excluding hydrogens is 256 g/mol. The Hall–Kier alpha value is -0.700. The van der Waals surface area contributed by atoms with Crippen LogP contribution in [0.25, 0.3) is 11.3 Å². The lowest BCUT2D eigenvalue weighted by molar-refractivity contribution is 1.13. The third-order valence-electron chi connectivity index (χ3n) is 2.02. The van der Waals surface area contributed by atoms with Crippen LogP contribution in [0.4, 0.5) is 0 Å². The molecule has 0 bridgehead atoms. The van der Waals surface area contributed by atoms with E-state index < -0.39 is 0 Å². The van der Waals surface area contributed by atoms with E-state index in [9.17, 15) is 0 Å². The molecule has 0 saturated heterocycles. The van der Waals surface area contributed by atoms with Gasteiger partial charge in [-0.2, -0.15) is 5.26 Å². The van der Waals surface area contributed by atoms with Crippen molar-refractivity contribution in [3.8, 4) is 16.7 Å². The summed E-state index contributed by atoms with van der Waals surface area (Å²) < 4.78 is 1.07. The Bertz CT molecular complexity index is 475. The maximum Gasteiger partial charge on any atom is 0.150 e. The van der Waals surface area contributed by atoms with E-state index in [1.54, 1.807) is 23.1 Å². The molecule has 0 aromatic rings. The summed E-state index contributed by atoms with van der Waals surface area (Å²) in [6.45, 7) is 2.06. The van der Waals surface area contributed by atoms with E-state index in [0.717, 1.165) is 15.8 Å². The third-order valence-corrected chi connectivity index (χ3v) is 5.22. The highest BCUT2D eigenvalue weighted by atomic mass is 32.2. The molecule has 16 heavy (non-hydrogen) atoms. The molecule has 0 N–H and O–H groups in total. The summed E-state index contributed by atoms with van der Waals surface area (Å²) in [5.41, 5.74) is 2.26. The first-order chi connectivity index (χ1) is 7.79. The molecule has 0 amide bonds. The Morgan fingerprint density at radius 3 is 3.25 bits per heavy atom. The summed E-state index contributed by atoms with van der Waals surface area (Å²) in [7, 11) is 0. The smallest absolute Gasteiger partial charge is 0.150 e. The summed E-state index contributed by atoms with van der Waals surface area (Å²) in [5.74, 6) is 0.925. The van der Waals surface area contributed by atoms with Gasteiger partial charge >= 0.3 is 0 Å². The minimum atomic E-state index is 0.347. The Morgan fingerprint density at radius 1 is 1.56 bits per heavy atom. The molecule has 1 atom stereocenters. The van der Waals surface area contributed by atoms with Gasteiger partial charge in [-0.15, -0.1) is 11.3 Å². The van der Waals surface area contributed by atoms with Crippen molar-refractivity contribution in [2.75, 3.05) is 5.75 Å². The lowest BCUT2D eigenvalue weighted by Gasteiger charge is -2.05. The first-order valence-electron chi connectivity index (χ1n) is 4.81. The monoisotopic (exact) mass is 266 g/mol. The minimum absolute atomic E-state index is 0.347. The van der Waals surface area contributed by atoms with Crippen molar-refractivity contribution < 1.29 is 0 Å². The van der Waals surface area contributed by atoms with Crippen molar-refractivity contribution in [3.05, 3.63) is 23.6 Å². The van der Waals surface area contributed by atoms with E-state index in [1.165, 1.54) is 17.3 Å². The van der Waals surface area contributed by atoms with Crippen molar-refractivity contribution in [2.24, 2.45) is 0 Å². The van der Waals surface area contributed by atoms with Crippen LogP contribution in [0.2, 0.25) is 0 Å². The van der Waals surface area contributed by atoms with Gasteiger partial charge in [0.15, 0.2) is 4.34 Å². The van der Waals surface area contributed by atoms with E-state index >= 15 is 0 Å². The van der Waals surface area contributed by atoms with Crippen molar-refractivity contribution in [1.82, 2.24) is 4.98 Å². The van der Waals surface area contributed by atoms with Crippen LogP contribution in [0, 0.1) is 10.7 Å². The van der Waals surface area contributed by atoms with E-state index in [2.05, 4.69) is 28.8 Å². The van der Waals surface area contributed by atoms with Crippen LogP contribution in [0.3, 0.4) is 0 Å². The lowest BCUT2D eigenvalue weighted by atomic mass is 10.3. The summed E-state index contributed by atoms with van der Waals surface area (Å²) in [6, 6.07) is 6.12. The number of rotatable bonds is 4. The molecule has 1 aliphatic carbocycles. The summed E-state index contributed by atoms with van der Waals surface area (Å²) in [5, 5.41) is 13.1. The highest BCUT2D eigenvalue weighted by Crippen LogP contribution is 2.30. The first-order valence-corrected chi connectivity index (χ1v) is 7.56. The van der Waals surface area contributed by atoms with Crippen LogP contribution in [0.1, 0.15) is 6.92 Å². The van der Waals surface area contributed by atoms with Crippen LogP contribution in [0.15, 0.2) is 27.9 Å². The number of hydrogen-bond donors (Lipinski definition) is 0. The van der Waals surface area contributed by atoms with Crippen LogP contribution in [-0.4, -0.2) is 16.0 Å². The number of hydrogen-bond acceptors (Lipinski definition) is 5. The molecule has 1 heterocycles. The number of nitriles is 1. The summed E-state index contributed by atoms with van der Waals surface area (Å²) in [6.07, 6.45) is 0. The second-order valence-corrected chi connectivity index (χ2v) is 6.66. The fourth-order valence-electron chi connectivity index (χ4n) is 1.24. The first kappa shape index (κ1) is 11.8. The molecule has 2 rings (SSSR count). The molecule has 0 aromatic heterocycles. The second-order valence-electron chi connectivity index (χ2n) is 3.31. The number of fused-ring (bicyclic) bond motifs is 1. The van der Waals surface area contributed by atoms with Gasteiger partial charge in [-0.3, -0.25) is 0 Å². The largest absolute Gasteiger partial charge is 0.230 e. The molecule has 0 saturated carbocycles. The maximum atomic E-state index is 8.54. The molecule has 2 nitrogen and oxygen atoms in total. The zero-order chi connectivity index (χ0) is 11.4. The number of thiocyanates is 1. The quantitative estimate of drug-likeness (QED) is 0.620. The number of thioether (sulfide) groups is 2. The second kappa shape index (κ2) is 5.58. The minimum Gasteiger partial charge on any atom is -0.230 e. The molecule has 82 valence electrons. The third kappa shape index (κ3) is 2.91. The Morgan fingerprint density at radius 2 is 2.44 bits per heavy atom. The van der Waals surface area contributed by atoms with Crippen molar-refractivity contribution in [2.45, 2.75) is 16.5 Å². The predicted molar refractivity (Wildman–Crippen MR) is 72.1 cm³/mol. The van der Waals surface area contributed by atoms with Gasteiger partial charge in [0.1, 0.15) is 5.40 Å². The van der Waals surface area contributed by atoms with Crippen LogP contribution >= 0.6 is 34.9 Å².